The molecule has 0 aromatic heterocycles. The van der Waals surface area contributed by atoms with Crippen molar-refractivity contribution in [2.75, 3.05) is 26.9 Å². The van der Waals surface area contributed by atoms with Gasteiger partial charge in [0.05, 0.1) is 13.2 Å². The lowest BCUT2D eigenvalue weighted by Crippen LogP contribution is -2.21. The van der Waals surface area contributed by atoms with Gasteiger partial charge in [-0.2, -0.15) is 0 Å². The predicted molar refractivity (Wildman–Crippen MR) is 69.0 cm³/mol. The topological polar surface area (TPSA) is 71.0 Å². The molecular formula is C13H21NO4. The average molecular weight is 255 g/mol. The zero-order valence-electron chi connectivity index (χ0n) is 10.8. The Kier molecular flexibility index (Phi) is 6.49. The third-order valence-corrected chi connectivity index (χ3v) is 2.33. The molecule has 1 aromatic rings. The molecular weight excluding hydrogens is 234 g/mol. The van der Waals surface area contributed by atoms with Crippen molar-refractivity contribution in [3.8, 4) is 11.5 Å². The van der Waals surface area contributed by atoms with Gasteiger partial charge in [0.2, 0.25) is 0 Å². The van der Waals surface area contributed by atoms with Crippen molar-refractivity contribution in [2.45, 2.75) is 19.6 Å². The molecule has 0 aliphatic rings. The molecule has 1 unspecified atom stereocenters. The fourth-order valence-electron chi connectivity index (χ4n) is 1.49. The lowest BCUT2D eigenvalue weighted by atomic mass is 10.2. The maximum absolute atomic E-state index is 9.25. The van der Waals surface area contributed by atoms with E-state index in [4.69, 9.17) is 14.6 Å². The van der Waals surface area contributed by atoms with Crippen LogP contribution in [0.5, 0.6) is 11.5 Å². The number of benzene rings is 1. The number of ether oxygens (including phenoxy) is 2. The van der Waals surface area contributed by atoms with Gasteiger partial charge in [-0.1, -0.05) is 6.07 Å². The van der Waals surface area contributed by atoms with Crippen LogP contribution in [0.4, 0.5) is 0 Å². The van der Waals surface area contributed by atoms with E-state index in [1.165, 1.54) is 0 Å². The van der Waals surface area contributed by atoms with Gasteiger partial charge in [0, 0.05) is 6.54 Å². The molecule has 0 heterocycles. The molecule has 3 N–H and O–H groups in total. The fraction of sp³-hybridized carbons (Fsp3) is 0.538. The Labute approximate surface area is 107 Å². The van der Waals surface area contributed by atoms with Crippen LogP contribution < -0.4 is 14.8 Å². The predicted octanol–water partition coefficient (Wildman–Crippen LogP) is 0.537. The summed E-state index contributed by atoms with van der Waals surface area (Å²) in [5.74, 6) is 1.22. The Morgan fingerprint density at radius 2 is 2.06 bits per heavy atom. The van der Waals surface area contributed by atoms with E-state index in [1.54, 1.807) is 0 Å². The van der Waals surface area contributed by atoms with E-state index >= 15 is 0 Å². The van der Waals surface area contributed by atoms with E-state index in [0.29, 0.717) is 18.1 Å². The Hall–Kier alpha value is -1.30. The average Bonchev–Trinajstić information content (AvgIpc) is 2.38. The Morgan fingerprint density at radius 1 is 1.28 bits per heavy atom. The number of aliphatic hydroxyl groups is 2. The monoisotopic (exact) mass is 255 g/mol. The summed E-state index contributed by atoms with van der Waals surface area (Å²) in [7, 11) is 1.88. The van der Waals surface area contributed by atoms with Crippen molar-refractivity contribution in [1.29, 1.82) is 0 Å². The molecule has 0 saturated heterocycles. The van der Waals surface area contributed by atoms with Crippen LogP contribution in [0.25, 0.3) is 0 Å². The quantitative estimate of drug-likeness (QED) is 0.632. The minimum Gasteiger partial charge on any atom is -0.490 e. The molecule has 5 nitrogen and oxygen atoms in total. The minimum absolute atomic E-state index is 0.0436. The van der Waals surface area contributed by atoms with Gasteiger partial charge < -0.3 is 25.0 Å². The molecule has 0 aliphatic carbocycles. The van der Waals surface area contributed by atoms with Gasteiger partial charge in [0.25, 0.3) is 0 Å². The van der Waals surface area contributed by atoms with E-state index < -0.39 is 6.10 Å². The van der Waals surface area contributed by atoms with Gasteiger partial charge in [0.1, 0.15) is 12.7 Å². The summed E-state index contributed by atoms with van der Waals surface area (Å²) >= 11 is 0. The number of hydrogen-bond acceptors (Lipinski definition) is 5. The highest BCUT2D eigenvalue weighted by Gasteiger charge is 2.09. The van der Waals surface area contributed by atoms with E-state index in [1.807, 2.05) is 32.2 Å². The normalized spacial score (nSPS) is 12.2. The summed E-state index contributed by atoms with van der Waals surface area (Å²) in [5, 5.41) is 21.0. The van der Waals surface area contributed by atoms with Crippen LogP contribution in [-0.2, 0) is 6.54 Å². The van der Waals surface area contributed by atoms with Crippen LogP contribution in [0.3, 0.4) is 0 Å². The molecule has 5 heteroatoms. The standard InChI is InChI=1S/C13H21NO4/c1-3-17-13-6-10(7-14-2)4-5-12(13)18-9-11(16)8-15/h4-6,11,14-16H,3,7-9H2,1-2H3. The minimum atomic E-state index is -0.878. The fourth-order valence-corrected chi connectivity index (χ4v) is 1.49. The third kappa shape index (κ3) is 4.52. The Morgan fingerprint density at radius 3 is 2.67 bits per heavy atom. The van der Waals surface area contributed by atoms with Crippen molar-refractivity contribution in [3.05, 3.63) is 23.8 Å². The first-order valence-corrected chi connectivity index (χ1v) is 6.03. The molecule has 1 atom stereocenters. The second kappa shape index (κ2) is 7.92. The first-order valence-electron chi connectivity index (χ1n) is 6.03. The van der Waals surface area contributed by atoms with Crippen molar-refractivity contribution >= 4 is 0 Å². The van der Waals surface area contributed by atoms with Gasteiger partial charge >= 0.3 is 0 Å². The summed E-state index contributed by atoms with van der Waals surface area (Å²) < 4.78 is 10.9. The summed E-state index contributed by atoms with van der Waals surface area (Å²) in [6, 6.07) is 5.64. The molecule has 0 fully saturated rings. The smallest absolute Gasteiger partial charge is 0.161 e. The molecule has 0 radical (unpaired) electrons. The first-order chi connectivity index (χ1) is 8.71. The summed E-state index contributed by atoms with van der Waals surface area (Å²) in [6.45, 7) is 2.92. The van der Waals surface area contributed by atoms with Gasteiger partial charge in [-0.3, -0.25) is 0 Å². The first kappa shape index (κ1) is 14.8. The molecule has 0 aliphatic heterocycles. The lowest BCUT2D eigenvalue weighted by Gasteiger charge is -2.15. The van der Waals surface area contributed by atoms with Crippen molar-refractivity contribution in [1.82, 2.24) is 5.32 Å². The SMILES string of the molecule is CCOc1cc(CNC)ccc1OCC(O)CO. The van der Waals surface area contributed by atoms with Crippen LogP contribution in [0.2, 0.25) is 0 Å². The Balaban J connectivity index is 2.75. The van der Waals surface area contributed by atoms with E-state index in [2.05, 4.69) is 5.32 Å². The molecule has 0 spiro atoms. The third-order valence-electron chi connectivity index (χ3n) is 2.33. The highest BCUT2D eigenvalue weighted by molar-refractivity contribution is 5.43. The molecule has 102 valence electrons. The van der Waals surface area contributed by atoms with E-state index in [0.717, 1.165) is 12.1 Å². The van der Waals surface area contributed by atoms with Crippen molar-refractivity contribution in [2.24, 2.45) is 0 Å². The van der Waals surface area contributed by atoms with Gasteiger partial charge in [-0.25, -0.2) is 0 Å². The molecule has 18 heavy (non-hydrogen) atoms. The lowest BCUT2D eigenvalue weighted by molar-refractivity contribution is 0.0525. The van der Waals surface area contributed by atoms with Crippen LogP contribution in [0, 0.1) is 0 Å². The van der Waals surface area contributed by atoms with Crippen molar-refractivity contribution in [3.63, 3.8) is 0 Å². The van der Waals surface area contributed by atoms with Crippen LogP contribution in [0.15, 0.2) is 18.2 Å². The van der Waals surface area contributed by atoms with Crippen LogP contribution in [-0.4, -0.2) is 43.2 Å². The summed E-state index contributed by atoms with van der Waals surface area (Å²) in [6.07, 6.45) is -0.878. The molecule has 1 rings (SSSR count). The van der Waals surface area contributed by atoms with Crippen LogP contribution >= 0.6 is 0 Å². The van der Waals surface area contributed by atoms with E-state index in [-0.39, 0.29) is 13.2 Å². The maximum Gasteiger partial charge on any atom is 0.161 e. The molecule has 0 saturated carbocycles. The second-order valence-corrected chi connectivity index (χ2v) is 3.89. The van der Waals surface area contributed by atoms with Gasteiger partial charge in [0.15, 0.2) is 11.5 Å². The number of hydrogen-bond donors (Lipinski definition) is 3. The summed E-state index contributed by atoms with van der Waals surface area (Å²) in [4.78, 5) is 0. The second-order valence-electron chi connectivity index (χ2n) is 3.89. The van der Waals surface area contributed by atoms with E-state index in [9.17, 15) is 5.11 Å². The van der Waals surface area contributed by atoms with Gasteiger partial charge in [-0.05, 0) is 31.7 Å². The Bertz CT molecular complexity index is 357. The number of rotatable bonds is 8. The largest absolute Gasteiger partial charge is 0.490 e. The highest BCUT2D eigenvalue weighted by Crippen LogP contribution is 2.28. The zero-order valence-corrected chi connectivity index (χ0v) is 10.8. The van der Waals surface area contributed by atoms with Crippen molar-refractivity contribution < 1.29 is 19.7 Å². The molecule has 0 amide bonds. The number of aliphatic hydroxyl groups excluding tert-OH is 2. The highest BCUT2D eigenvalue weighted by atomic mass is 16.5. The number of nitrogens with one attached hydrogen (secondary N) is 1. The molecule has 0 bridgehead atoms. The van der Waals surface area contributed by atoms with Gasteiger partial charge in [-0.15, -0.1) is 0 Å². The summed E-state index contributed by atoms with van der Waals surface area (Å²) in [5.41, 5.74) is 1.09. The molecule has 1 aromatic carbocycles. The maximum atomic E-state index is 9.25. The van der Waals surface area contributed by atoms with Crippen LogP contribution in [0.1, 0.15) is 12.5 Å². The zero-order chi connectivity index (χ0) is 13.4.